The van der Waals surface area contributed by atoms with E-state index >= 15 is 0 Å². The minimum atomic E-state index is -1.26. The van der Waals surface area contributed by atoms with Crippen molar-refractivity contribution in [2.24, 2.45) is 0 Å². The van der Waals surface area contributed by atoms with Crippen LogP contribution in [-0.4, -0.2) is 28.3 Å². The number of rotatable bonds is 2. The van der Waals surface area contributed by atoms with Gasteiger partial charge in [-0.1, -0.05) is 0 Å². The first-order valence-corrected chi connectivity index (χ1v) is 2.48. The van der Waals surface area contributed by atoms with Gasteiger partial charge in [-0.15, -0.1) is 11.6 Å². The first-order chi connectivity index (χ1) is 3.72. The Hall–Kier alpha value is -0.300. The molecule has 3 nitrogen and oxygen atoms in total. The highest BCUT2D eigenvalue weighted by Crippen LogP contribution is 1.98. The van der Waals surface area contributed by atoms with E-state index in [2.05, 4.69) is 0 Å². The van der Waals surface area contributed by atoms with Gasteiger partial charge in [0.05, 0.1) is 18.1 Å². The number of aliphatic hydroxyl groups excluding tert-OH is 2. The van der Waals surface area contributed by atoms with Gasteiger partial charge in [0, 0.05) is 0 Å². The van der Waals surface area contributed by atoms with Crippen LogP contribution < -0.4 is 0 Å². The van der Waals surface area contributed by atoms with Crippen LogP contribution in [0.2, 0.25) is 0 Å². The molecule has 0 saturated carbocycles. The van der Waals surface area contributed by atoms with Gasteiger partial charge in [-0.25, -0.2) is 0 Å². The van der Waals surface area contributed by atoms with Crippen LogP contribution in [0.25, 0.3) is 0 Å². The Bertz CT molecular complexity index is 101. The lowest BCUT2D eigenvalue weighted by Gasteiger charge is -2.03. The Morgan fingerprint density at radius 1 is 1.75 bits per heavy atom. The van der Waals surface area contributed by atoms with Crippen molar-refractivity contribution in [1.82, 2.24) is 0 Å². The van der Waals surface area contributed by atoms with Crippen molar-refractivity contribution in [3.8, 4) is 6.07 Å². The van der Waals surface area contributed by atoms with Crippen molar-refractivity contribution in [2.75, 3.05) is 6.61 Å². The van der Waals surface area contributed by atoms with Gasteiger partial charge in [-0.2, -0.15) is 5.26 Å². The molecule has 8 heavy (non-hydrogen) atoms. The summed E-state index contributed by atoms with van der Waals surface area (Å²) in [5.74, 6) is 0. The lowest BCUT2D eigenvalue weighted by atomic mass is 10.3. The predicted molar refractivity (Wildman–Crippen MR) is 28.3 cm³/mol. The molecule has 0 saturated heterocycles. The minimum absolute atomic E-state index is 0.379. The molecule has 0 aromatic carbocycles. The average Bonchev–Trinajstić information content (AvgIpc) is 1.84. The summed E-state index contributed by atoms with van der Waals surface area (Å²) in [5, 5.41) is 23.7. The first-order valence-electron chi connectivity index (χ1n) is 2.05. The molecule has 46 valence electrons. The Morgan fingerprint density at radius 3 is 2.38 bits per heavy atom. The lowest BCUT2D eigenvalue weighted by molar-refractivity contribution is 0.180. The largest absolute Gasteiger partial charge is 0.395 e. The van der Waals surface area contributed by atoms with Crippen LogP contribution in [-0.2, 0) is 0 Å². The number of hydrogen-bond donors (Lipinski definition) is 2. The summed E-state index contributed by atoms with van der Waals surface area (Å²) < 4.78 is 0. The summed E-state index contributed by atoms with van der Waals surface area (Å²) in [6, 6.07) is 1.48. The van der Waals surface area contributed by atoms with Gasteiger partial charge in [0.25, 0.3) is 0 Å². The molecule has 0 aromatic heterocycles. The van der Waals surface area contributed by atoms with Crippen LogP contribution in [0.3, 0.4) is 0 Å². The lowest BCUT2D eigenvalue weighted by Crippen LogP contribution is -2.21. The van der Waals surface area contributed by atoms with Gasteiger partial charge >= 0.3 is 0 Å². The van der Waals surface area contributed by atoms with Gasteiger partial charge in [0.1, 0.15) is 0 Å². The molecule has 0 spiro atoms. The Labute approximate surface area is 52.1 Å². The van der Waals surface area contributed by atoms with Crippen LogP contribution in [0.4, 0.5) is 0 Å². The van der Waals surface area contributed by atoms with Gasteiger partial charge in [0.15, 0.2) is 6.10 Å². The standard InChI is InChI=1S/C4H6ClNO2/c5-3(2-7)4(8)1-6/h3-4,7-8H,2H2. The van der Waals surface area contributed by atoms with E-state index in [0.717, 1.165) is 0 Å². The maximum absolute atomic E-state index is 8.47. The number of nitrogens with zero attached hydrogens (tertiary/aromatic N) is 1. The fourth-order valence-corrected chi connectivity index (χ4v) is 0.237. The van der Waals surface area contributed by atoms with Gasteiger partial charge < -0.3 is 10.2 Å². The summed E-state index contributed by atoms with van der Waals surface area (Å²) in [6.45, 7) is -0.379. The summed E-state index contributed by atoms with van der Waals surface area (Å²) in [5.41, 5.74) is 0. The molecule has 0 radical (unpaired) electrons. The van der Waals surface area contributed by atoms with E-state index in [1.165, 1.54) is 6.07 Å². The second-order valence-electron chi connectivity index (χ2n) is 1.27. The van der Waals surface area contributed by atoms with Crippen molar-refractivity contribution in [3.05, 3.63) is 0 Å². The van der Waals surface area contributed by atoms with Gasteiger partial charge in [-0.3, -0.25) is 0 Å². The summed E-state index contributed by atoms with van der Waals surface area (Å²) in [6.07, 6.45) is -1.26. The molecule has 2 unspecified atom stereocenters. The molecular weight excluding hydrogens is 130 g/mol. The molecule has 0 amide bonds. The normalized spacial score (nSPS) is 16.8. The number of alkyl halides is 1. The third kappa shape index (κ3) is 2.12. The molecule has 2 atom stereocenters. The molecule has 0 aliphatic rings. The van der Waals surface area contributed by atoms with Crippen molar-refractivity contribution in [3.63, 3.8) is 0 Å². The zero-order valence-electron chi connectivity index (χ0n) is 4.08. The summed E-state index contributed by atoms with van der Waals surface area (Å²) >= 11 is 5.19. The van der Waals surface area contributed by atoms with E-state index in [0.29, 0.717) is 0 Å². The van der Waals surface area contributed by atoms with E-state index in [9.17, 15) is 0 Å². The Morgan fingerprint density at radius 2 is 2.25 bits per heavy atom. The molecular formula is C4H6ClNO2. The maximum Gasteiger partial charge on any atom is 0.158 e. The molecule has 0 heterocycles. The fraction of sp³-hybridized carbons (Fsp3) is 0.750. The van der Waals surface area contributed by atoms with Crippen LogP contribution in [0.15, 0.2) is 0 Å². The number of nitriles is 1. The molecule has 0 bridgehead atoms. The smallest absolute Gasteiger partial charge is 0.158 e. The molecule has 0 aliphatic heterocycles. The predicted octanol–water partition coefficient (Wildman–Crippen LogP) is -0.529. The van der Waals surface area contributed by atoms with E-state index < -0.39 is 11.5 Å². The van der Waals surface area contributed by atoms with Gasteiger partial charge in [0.2, 0.25) is 0 Å². The second kappa shape index (κ2) is 3.67. The second-order valence-corrected chi connectivity index (χ2v) is 1.83. The molecule has 0 aromatic rings. The van der Waals surface area contributed by atoms with Gasteiger partial charge in [-0.05, 0) is 0 Å². The van der Waals surface area contributed by atoms with Crippen molar-refractivity contribution in [1.29, 1.82) is 5.26 Å². The zero-order chi connectivity index (χ0) is 6.57. The summed E-state index contributed by atoms with van der Waals surface area (Å²) in [4.78, 5) is 0. The van der Waals surface area contributed by atoms with Crippen LogP contribution in [0.5, 0.6) is 0 Å². The molecule has 0 aliphatic carbocycles. The third-order valence-electron chi connectivity index (χ3n) is 0.649. The van der Waals surface area contributed by atoms with E-state index in [-0.39, 0.29) is 6.61 Å². The molecule has 0 rings (SSSR count). The first kappa shape index (κ1) is 7.70. The Balaban J connectivity index is 3.49. The average molecular weight is 136 g/mol. The SMILES string of the molecule is N#CC(O)C(Cl)CO. The van der Waals surface area contributed by atoms with Crippen molar-refractivity contribution < 1.29 is 10.2 Å². The summed E-state index contributed by atoms with van der Waals surface area (Å²) in [7, 11) is 0. The monoisotopic (exact) mass is 135 g/mol. The number of hydrogen-bond acceptors (Lipinski definition) is 3. The van der Waals surface area contributed by atoms with E-state index in [1.807, 2.05) is 0 Å². The van der Waals surface area contributed by atoms with Crippen molar-refractivity contribution >= 4 is 11.6 Å². The van der Waals surface area contributed by atoms with Crippen LogP contribution in [0.1, 0.15) is 0 Å². The van der Waals surface area contributed by atoms with Crippen molar-refractivity contribution in [2.45, 2.75) is 11.5 Å². The van der Waals surface area contributed by atoms with E-state index in [4.69, 9.17) is 27.1 Å². The highest BCUT2D eigenvalue weighted by Gasteiger charge is 2.12. The number of aliphatic hydroxyl groups is 2. The highest BCUT2D eigenvalue weighted by molar-refractivity contribution is 6.21. The molecule has 0 fully saturated rings. The number of halogens is 1. The Kier molecular flexibility index (Phi) is 3.53. The highest BCUT2D eigenvalue weighted by atomic mass is 35.5. The molecule has 2 N–H and O–H groups in total. The van der Waals surface area contributed by atoms with E-state index in [1.54, 1.807) is 0 Å². The van der Waals surface area contributed by atoms with Crippen LogP contribution >= 0.6 is 11.6 Å². The quantitative estimate of drug-likeness (QED) is 0.395. The van der Waals surface area contributed by atoms with Crippen LogP contribution in [0, 0.1) is 11.3 Å². The minimum Gasteiger partial charge on any atom is -0.395 e. The third-order valence-corrected chi connectivity index (χ3v) is 1.03. The maximum atomic E-state index is 8.47. The fourth-order valence-electron chi connectivity index (χ4n) is 0.181. The molecule has 4 heteroatoms. The zero-order valence-corrected chi connectivity index (χ0v) is 4.84. The topological polar surface area (TPSA) is 64.2 Å².